The van der Waals surface area contributed by atoms with Crippen molar-refractivity contribution in [3.63, 3.8) is 0 Å². The van der Waals surface area contributed by atoms with Crippen molar-refractivity contribution >= 4 is 0 Å². The van der Waals surface area contributed by atoms with Gasteiger partial charge in [-0.1, -0.05) is 60.7 Å². The normalized spacial score (nSPS) is 10.2. The van der Waals surface area contributed by atoms with E-state index in [1.165, 1.54) is 0 Å². The van der Waals surface area contributed by atoms with Gasteiger partial charge in [0.1, 0.15) is 6.07 Å². The van der Waals surface area contributed by atoms with E-state index in [4.69, 9.17) is 0 Å². The fourth-order valence-electron chi connectivity index (χ4n) is 2.67. The van der Waals surface area contributed by atoms with E-state index in [2.05, 4.69) is 11.1 Å². The third-order valence-corrected chi connectivity index (χ3v) is 3.91. The van der Waals surface area contributed by atoms with Crippen LogP contribution in [0.2, 0.25) is 0 Å². The summed E-state index contributed by atoms with van der Waals surface area (Å²) in [5.41, 5.74) is 6.41. The molecule has 0 atom stereocenters. The zero-order valence-electron chi connectivity index (χ0n) is 12.7. The first-order valence-electron chi connectivity index (χ1n) is 7.24. The molecule has 3 rings (SSSR count). The monoisotopic (exact) mass is 284 g/mol. The van der Waals surface area contributed by atoms with Crippen LogP contribution in [0.4, 0.5) is 0 Å². The third kappa shape index (κ3) is 2.38. The molecule has 0 unspecified atom stereocenters. The second kappa shape index (κ2) is 5.83. The maximum absolute atomic E-state index is 9.75. The number of pyridine rings is 1. The molecule has 1 heterocycles. The summed E-state index contributed by atoms with van der Waals surface area (Å²) < 4.78 is 0. The first-order valence-corrected chi connectivity index (χ1v) is 7.24. The van der Waals surface area contributed by atoms with Gasteiger partial charge in [-0.2, -0.15) is 5.26 Å². The van der Waals surface area contributed by atoms with E-state index in [0.717, 1.165) is 33.6 Å². The van der Waals surface area contributed by atoms with E-state index < -0.39 is 0 Å². The van der Waals surface area contributed by atoms with Crippen molar-refractivity contribution in [2.24, 2.45) is 0 Å². The standard InChI is InChI=1S/C20H16N2/c1-14-15(2)22-20(17-11-7-4-8-12-17)18(13-21)19(14)16-9-5-3-6-10-16/h3-12H,1-2H3. The number of nitriles is 1. The highest BCUT2D eigenvalue weighted by atomic mass is 14.7. The fourth-order valence-corrected chi connectivity index (χ4v) is 2.67. The summed E-state index contributed by atoms with van der Waals surface area (Å²) in [6, 6.07) is 22.3. The average molecular weight is 284 g/mol. The van der Waals surface area contributed by atoms with Crippen LogP contribution in [0.25, 0.3) is 22.4 Å². The van der Waals surface area contributed by atoms with Crippen molar-refractivity contribution in [2.75, 3.05) is 0 Å². The molecule has 1 aromatic heterocycles. The van der Waals surface area contributed by atoms with Gasteiger partial charge in [-0.15, -0.1) is 0 Å². The van der Waals surface area contributed by atoms with E-state index in [-0.39, 0.29) is 0 Å². The number of benzene rings is 2. The number of aromatic nitrogens is 1. The summed E-state index contributed by atoms with van der Waals surface area (Å²) >= 11 is 0. The Balaban J connectivity index is 2.36. The van der Waals surface area contributed by atoms with Crippen molar-refractivity contribution in [1.29, 1.82) is 5.26 Å². The van der Waals surface area contributed by atoms with Crippen molar-refractivity contribution in [3.8, 4) is 28.5 Å². The zero-order chi connectivity index (χ0) is 15.5. The van der Waals surface area contributed by atoms with Gasteiger partial charge in [0.25, 0.3) is 0 Å². The molecule has 2 heteroatoms. The van der Waals surface area contributed by atoms with Gasteiger partial charge < -0.3 is 0 Å². The molecule has 0 aliphatic rings. The molecule has 2 aromatic carbocycles. The molecule has 0 radical (unpaired) electrons. The molecule has 0 amide bonds. The molecule has 0 fully saturated rings. The summed E-state index contributed by atoms with van der Waals surface area (Å²) in [5, 5.41) is 9.75. The predicted molar refractivity (Wildman–Crippen MR) is 89.3 cm³/mol. The Morgan fingerprint density at radius 1 is 0.818 bits per heavy atom. The van der Waals surface area contributed by atoms with Crippen LogP contribution in [0.5, 0.6) is 0 Å². The Bertz CT molecular complexity index is 844. The first-order chi connectivity index (χ1) is 10.7. The average Bonchev–Trinajstić information content (AvgIpc) is 2.58. The van der Waals surface area contributed by atoms with Crippen LogP contribution in [0.3, 0.4) is 0 Å². The second-order valence-corrected chi connectivity index (χ2v) is 5.26. The number of hydrogen-bond donors (Lipinski definition) is 0. The van der Waals surface area contributed by atoms with Gasteiger partial charge in [-0.05, 0) is 25.0 Å². The van der Waals surface area contributed by atoms with Crippen LogP contribution in [0.15, 0.2) is 60.7 Å². The molecule has 22 heavy (non-hydrogen) atoms. The molecule has 0 N–H and O–H groups in total. The third-order valence-electron chi connectivity index (χ3n) is 3.91. The summed E-state index contributed by atoms with van der Waals surface area (Å²) in [7, 11) is 0. The minimum absolute atomic E-state index is 0.639. The molecule has 0 aliphatic carbocycles. The predicted octanol–water partition coefficient (Wildman–Crippen LogP) is 4.90. The number of hydrogen-bond acceptors (Lipinski definition) is 2. The van der Waals surface area contributed by atoms with Crippen molar-refractivity contribution in [2.45, 2.75) is 13.8 Å². The van der Waals surface area contributed by atoms with Crippen molar-refractivity contribution in [3.05, 3.63) is 77.5 Å². The maximum Gasteiger partial charge on any atom is 0.102 e. The SMILES string of the molecule is Cc1nc(-c2ccccc2)c(C#N)c(-c2ccccc2)c1C. The topological polar surface area (TPSA) is 36.7 Å². The lowest BCUT2D eigenvalue weighted by molar-refractivity contribution is 1.15. The van der Waals surface area contributed by atoms with Gasteiger partial charge in [-0.3, -0.25) is 4.98 Å². The van der Waals surface area contributed by atoms with E-state index in [1.807, 2.05) is 74.5 Å². The van der Waals surface area contributed by atoms with Gasteiger partial charge >= 0.3 is 0 Å². The molecule has 0 aliphatic heterocycles. The van der Waals surface area contributed by atoms with Gasteiger partial charge in [0.2, 0.25) is 0 Å². The smallest absolute Gasteiger partial charge is 0.102 e. The van der Waals surface area contributed by atoms with E-state index >= 15 is 0 Å². The largest absolute Gasteiger partial charge is 0.251 e. The summed E-state index contributed by atoms with van der Waals surface area (Å²) in [6.45, 7) is 4.02. The molecule has 0 saturated carbocycles. The Morgan fingerprint density at radius 2 is 1.36 bits per heavy atom. The Morgan fingerprint density at radius 3 is 1.91 bits per heavy atom. The lowest BCUT2D eigenvalue weighted by Crippen LogP contribution is -2.00. The number of rotatable bonds is 2. The van der Waals surface area contributed by atoms with Gasteiger partial charge in [0, 0.05) is 16.8 Å². The maximum atomic E-state index is 9.75. The quantitative estimate of drug-likeness (QED) is 0.670. The van der Waals surface area contributed by atoms with Crippen LogP contribution in [-0.2, 0) is 0 Å². The summed E-state index contributed by atoms with van der Waals surface area (Å²) in [6.07, 6.45) is 0. The highest BCUT2D eigenvalue weighted by molar-refractivity contribution is 5.82. The van der Waals surface area contributed by atoms with Crippen LogP contribution in [0, 0.1) is 25.2 Å². The molecule has 0 spiro atoms. The van der Waals surface area contributed by atoms with Gasteiger partial charge in [0.15, 0.2) is 0 Å². The van der Waals surface area contributed by atoms with Crippen LogP contribution in [-0.4, -0.2) is 4.98 Å². The van der Waals surface area contributed by atoms with Crippen molar-refractivity contribution in [1.82, 2.24) is 4.98 Å². The lowest BCUT2D eigenvalue weighted by atomic mass is 9.92. The minimum Gasteiger partial charge on any atom is -0.251 e. The van der Waals surface area contributed by atoms with Crippen LogP contribution in [0.1, 0.15) is 16.8 Å². The molecular formula is C20H16N2. The van der Waals surface area contributed by atoms with E-state index in [9.17, 15) is 5.26 Å². The zero-order valence-corrected chi connectivity index (χ0v) is 12.7. The summed E-state index contributed by atoms with van der Waals surface area (Å²) in [4.78, 5) is 4.68. The highest BCUT2D eigenvalue weighted by Gasteiger charge is 2.17. The van der Waals surface area contributed by atoms with E-state index in [1.54, 1.807) is 0 Å². The van der Waals surface area contributed by atoms with E-state index in [0.29, 0.717) is 5.56 Å². The van der Waals surface area contributed by atoms with Gasteiger partial charge in [0.05, 0.1) is 11.3 Å². The lowest BCUT2D eigenvalue weighted by Gasteiger charge is -2.15. The number of aryl methyl sites for hydroxylation is 1. The molecule has 2 nitrogen and oxygen atoms in total. The van der Waals surface area contributed by atoms with Crippen LogP contribution < -0.4 is 0 Å². The summed E-state index contributed by atoms with van der Waals surface area (Å²) in [5.74, 6) is 0. The molecule has 3 aromatic rings. The second-order valence-electron chi connectivity index (χ2n) is 5.26. The van der Waals surface area contributed by atoms with Crippen molar-refractivity contribution < 1.29 is 0 Å². The van der Waals surface area contributed by atoms with Crippen LogP contribution >= 0.6 is 0 Å². The minimum atomic E-state index is 0.639. The molecule has 0 saturated heterocycles. The molecule has 0 bridgehead atoms. The first kappa shape index (κ1) is 14.0. The van der Waals surface area contributed by atoms with Gasteiger partial charge in [-0.25, -0.2) is 0 Å². The number of nitrogens with zero attached hydrogens (tertiary/aromatic N) is 2. The molecule has 106 valence electrons. The molecular weight excluding hydrogens is 268 g/mol. The Kier molecular flexibility index (Phi) is 3.72. The fraction of sp³-hybridized carbons (Fsp3) is 0.100. The highest BCUT2D eigenvalue weighted by Crippen LogP contribution is 2.34. The Hall–Kier alpha value is -2.92. The Labute approximate surface area is 130 Å².